The van der Waals surface area contributed by atoms with E-state index in [4.69, 9.17) is 14.6 Å². The molecule has 0 bridgehead atoms. The summed E-state index contributed by atoms with van der Waals surface area (Å²) in [6.07, 6.45) is -0.554. The average molecular weight is 1720 g/mol. The third-order valence-corrected chi connectivity index (χ3v) is 22.3. The molecule has 1 unspecified atom stereocenters. The van der Waals surface area contributed by atoms with Crippen LogP contribution in [0.1, 0.15) is 183 Å². The number of nitrogens with zero attached hydrogens (tertiary/aromatic N) is 3. The highest BCUT2D eigenvalue weighted by Gasteiger charge is 2.40. The van der Waals surface area contributed by atoms with Crippen LogP contribution in [0.25, 0.3) is 0 Å². The van der Waals surface area contributed by atoms with Crippen LogP contribution < -0.4 is 58.7 Å². The largest absolute Gasteiger partial charge is 0.508 e. The minimum atomic E-state index is -1.98. The summed E-state index contributed by atoms with van der Waals surface area (Å²) in [6.45, 7) is 12.8. The van der Waals surface area contributed by atoms with Crippen LogP contribution in [0.3, 0.4) is 0 Å². The Morgan fingerprint density at radius 2 is 1.29 bits per heavy atom. The van der Waals surface area contributed by atoms with Gasteiger partial charge in [-0.2, -0.15) is 0 Å². The number of carboxylic acids is 5. The number of rotatable bonds is 52. The van der Waals surface area contributed by atoms with Gasteiger partial charge in [-0.05, 0) is 119 Å². The van der Waals surface area contributed by atoms with Crippen molar-refractivity contribution in [2.75, 3.05) is 45.0 Å². The number of aliphatic hydroxyl groups is 1. The van der Waals surface area contributed by atoms with E-state index in [1.54, 1.807) is 31.2 Å². The van der Waals surface area contributed by atoms with Crippen LogP contribution in [-0.4, -0.2) is 245 Å². The molecule has 118 heavy (non-hydrogen) atoms. The summed E-state index contributed by atoms with van der Waals surface area (Å²) in [5.74, 6) is -15.4. The van der Waals surface area contributed by atoms with Crippen molar-refractivity contribution in [1.82, 2.24) is 73.5 Å². The maximum absolute atomic E-state index is 14.8. The van der Waals surface area contributed by atoms with Crippen molar-refractivity contribution >= 4 is 128 Å². The Morgan fingerprint density at radius 1 is 0.653 bits per heavy atom. The number of phenols is 1. The van der Waals surface area contributed by atoms with Crippen LogP contribution in [0.15, 0.2) is 53.9 Å². The zero-order valence-corrected chi connectivity index (χ0v) is 69.7. The molecular formula is C76H112N14O25S3. The number of carbonyl (C=O) groups is 16. The smallest absolute Gasteiger partial charge is 0.426 e. The number of likely N-dealkylation sites (tertiary alicyclic amines) is 1. The number of ether oxygens (including phenoxy) is 2. The fraction of sp³-hybridized carbons (Fsp3) is 0.592. The first kappa shape index (κ1) is 99.8. The Balaban J connectivity index is 1.25. The van der Waals surface area contributed by atoms with Crippen LogP contribution in [-0.2, 0) is 86.4 Å². The van der Waals surface area contributed by atoms with Gasteiger partial charge in [0.1, 0.15) is 59.4 Å². The Bertz CT molecular complexity index is 3860. The number of aliphatic hydroxyl groups excluding tert-OH is 1. The summed E-state index contributed by atoms with van der Waals surface area (Å²) < 4.78 is 10.8. The highest BCUT2D eigenvalue weighted by molar-refractivity contribution is 8.76. The Morgan fingerprint density at radius 3 is 1.90 bits per heavy atom. The van der Waals surface area contributed by atoms with Crippen LogP contribution in [0.4, 0.5) is 14.4 Å². The van der Waals surface area contributed by atoms with Crippen molar-refractivity contribution in [3.05, 3.63) is 81.3 Å². The molecule has 1 aliphatic rings. The number of aliphatic carboxylic acids is 5. The number of amides is 12. The van der Waals surface area contributed by atoms with E-state index in [0.717, 1.165) is 52.3 Å². The number of aromatic hydroxyl groups is 1. The number of esters is 1. The number of benzene rings is 2. The van der Waals surface area contributed by atoms with Gasteiger partial charge in [-0.25, -0.2) is 34.4 Å². The summed E-state index contributed by atoms with van der Waals surface area (Å²) in [4.78, 5) is 213. The molecule has 2 heterocycles. The van der Waals surface area contributed by atoms with E-state index >= 15 is 0 Å². The predicted molar refractivity (Wildman–Crippen MR) is 431 cm³/mol. The molecule has 12 atom stereocenters. The van der Waals surface area contributed by atoms with E-state index < -0.39 is 182 Å². The minimum absolute atomic E-state index is 0.0154. The van der Waals surface area contributed by atoms with Crippen molar-refractivity contribution in [3.63, 3.8) is 0 Å². The van der Waals surface area contributed by atoms with E-state index in [1.165, 1.54) is 41.5 Å². The zero-order valence-electron chi connectivity index (χ0n) is 67.2. The number of carboxylic acid groups (broad SMARTS) is 5. The maximum Gasteiger partial charge on any atom is 0.426 e. The number of aromatic nitrogens is 1. The number of urea groups is 2. The maximum atomic E-state index is 14.8. The van der Waals surface area contributed by atoms with E-state index in [1.807, 2.05) is 46.6 Å². The third kappa shape index (κ3) is 37.3. The first-order chi connectivity index (χ1) is 55.9. The molecule has 12 amide bonds. The van der Waals surface area contributed by atoms with Gasteiger partial charge < -0.3 is 98.0 Å². The molecule has 42 heteroatoms. The summed E-state index contributed by atoms with van der Waals surface area (Å²) in [6, 6.07) is 0.834. The third-order valence-electron chi connectivity index (χ3n) is 18.9. The summed E-state index contributed by atoms with van der Waals surface area (Å²) >= 11 is 0.990. The van der Waals surface area contributed by atoms with Crippen LogP contribution >= 0.6 is 32.9 Å². The Labute approximate surface area is 694 Å². The molecular weight excluding hydrogens is 1610 g/mol. The fourth-order valence-electron chi connectivity index (χ4n) is 12.1. The van der Waals surface area contributed by atoms with Crippen molar-refractivity contribution in [1.29, 1.82) is 0 Å². The molecule has 3 aromatic rings. The summed E-state index contributed by atoms with van der Waals surface area (Å²) in [7, 11) is 3.74. The normalized spacial score (nSPS) is 15.4. The van der Waals surface area contributed by atoms with E-state index in [2.05, 4.69) is 63.7 Å². The van der Waals surface area contributed by atoms with Gasteiger partial charge >= 0.3 is 54.0 Å². The molecule has 1 fully saturated rings. The van der Waals surface area contributed by atoms with E-state index in [9.17, 15) is 107 Å². The molecule has 4 rings (SSSR count). The molecule has 0 spiro atoms. The van der Waals surface area contributed by atoms with Crippen molar-refractivity contribution in [2.45, 2.75) is 225 Å². The lowest BCUT2D eigenvalue weighted by Gasteiger charge is -2.39. The number of hydrogen-bond donors (Lipinski definition) is 18. The van der Waals surface area contributed by atoms with Gasteiger partial charge in [0, 0.05) is 73.3 Å². The number of unbranched alkanes of at least 4 members (excludes halogenated alkanes) is 1. The number of nitrogens with one attached hydrogen (secondary N) is 11. The zero-order chi connectivity index (χ0) is 87.7. The van der Waals surface area contributed by atoms with Gasteiger partial charge in [0.2, 0.25) is 35.4 Å². The molecule has 1 aromatic heterocycles. The number of hydrogen-bond acceptors (Lipinski definition) is 25. The second-order valence-electron chi connectivity index (χ2n) is 29.0. The first-order valence-corrected chi connectivity index (χ1v) is 42.1. The number of likely N-dealkylation sites (N-methyl/N-ethyl adjacent to an activating group) is 1. The Kier molecular flexibility index (Phi) is 44.2. The number of thiazole rings is 1. The van der Waals surface area contributed by atoms with Crippen LogP contribution in [0.5, 0.6) is 5.75 Å². The fourth-order valence-corrected chi connectivity index (χ4v) is 14.9. The highest BCUT2D eigenvalue weighted by atomic mass is 33.1. The van der Waals surface area contributed by atoms with Gasteiger partial charge in [-0.15, -0.1) is 11.3 Å². The first-order valence-electron chi connectivity index (χ1n) is 38.7. The average Bonchev–Trinajstić information content (AvgIpc) is 1.33. The minimum Gasteiger partial charge on any atom is -0.508 e. The molecule has 2 aromatic carbocycles. The van der Waals surface area contributed by atoms with Gasteiger partial charge in [0.25, 0.3) is 5.91 Å². The van der Waals surface area contributed by atoms with Gasteiger partial charge in [0.05, 0.1) is 25.3 Å². The number of carbonyl (C=O) groups excluding carboxylic acids is 11. The van der Waals surface area contributed by atoms with Crippen molar-refractivity contribution < 1.29 is 122 Å². The lowest BCUT2D eigenvalue weighted by atomic mass is 9.92. The van der Waals surface area contributed by atoms with Gasteiger partial charge in [0.15, 0.2) is 6.73 Å². The standard InChI is InChI=1S/C76H112N14O25S3/c1-9-15-63(100)115-41-90(71(106)64(43(5)10-2)86-69(105)56-17-12-14-29-89(56)8)57(42(3)4)37-58(92)70-84-54(39-116-70)68(104)80-49(33-46-22-24-50(91)25-23-46)32-44(6)65(101)87-88-76(113)114-30-31-117-118-40-55(73(109)110)83-67(103)53(36-62(98)99)82-66(102)52(35-61(96)97)81-59(93)34-47-18-20-48(21-19-47)38-78-74(111)77-28-13-11-16-45(7)79-75(112)85-51(72(107)108)26-27-60(94)95/h18-25,39,42-45,49,51-53,55-58,64,91-92H,9-17,26-38,40-41H2,1-8H3,(H,80,104)(H,81,93)(H,82,102)(H,83,103)(H,86,105)(H,87,101)(H,88,113)(H,94,95)(H,96,97)(H,98,99)(H,107,108)(H,109,110)(H2,77,78,111)(H2,79,85,112)/t43?,44-,45+,49+,51-,52+,53+,55-,56+,57+,58+,64-/m0/s1. The molecule has 0 saturated carbocycles. The molecule has 1 aliphatic heterocycles. The summed E-state index contributed by atoms with van der Waals surface area (Å²) in [5.41, 5.74) is 5.98. The highest BCUT2D eigenvalue weighted by Crippen LogP contribution is 2.30. The molecule has 39 nitrogen and oxygen atoms in total. The molecule has 0 radical (unpaired) electrons. The predicted octanol–water partition coefficient (Wildman–Crippen LogP) is 3.65. The second kappa shape index (κ2) is 52.3. The van der Waals surface area contributed by atoms with Gasteiger partial charge in [-0.1, -0.05) is 112 Å². The SMILES string of the molecule is CCCC(=O)OCN(C(=O)[C@@H](NC(=O)[C@H]1CCCCN1C)C(C)CC)[C@H](C[C@@H](O)c1nc(C(=O)N[C@@H](Cc2ccc(O)cc2)C[C@H](C)C(=O)NNC(=O)OCCSSC[C@H](NC(=O)[C@@H](CC(=O)O)NC(=O)[C@@H](CC(=O)O)NC(=O)Cc2ccc(CNC(=O)NCCCC[C@@H](C)NC(=O)N[C@@H](CCC(=O)O)C(=O)O)cc2)C(=O)O)cs1)C(C)C. The second-order valence-corrected chi connectivity index (χ2v) is 32.5. The number of piperidine rings is 1. The van der Waals surface area contributed by atoms with Crippen LogP contribution in [0, 0.1) is 17.8 Å². The molecule has 18 N–H and O–H groups in total. The number of hydrazine groups is 1. The van der Waals surface area contributed by atoms with Crippen LogP contribution in [0.2, 0.25) is 0 Å². The quantitative estimate of drug-likeness (QED) is 0.0126. The van der Waals surface area contributed by atoms with E-state index in [-0.39, 0.29) is 104 Å². The number of phenolic OH excluding ortho intramolecular Hbond substituents is 1. The Hall–Kier alpha value is -10.6. The monoisotopic (exact) mass is 1720 g/mol. The lowest BCUT2D eigenvalue weighted by molar-refractivity contribution is -0.159. The van der Waals surface area contributed by atoms with Crippen molar-refractivity contribution in [2.24, 2.45) is 17.8 Å². The molecule has 0 aliphatic carbocycles. The molecule has 1 saturated heterocycles. The van der Waals surface area contributed by atoms with Crippen molar-refractivity contribution in [3.8, 4) is 5.75 Å². The molecule has 654 valence electrons. The summed E-state index contributed by atoms with van der Waals surface area (Å²) in [5, 5.41) is 93.3. The lowest BCUT2D eigenvalue weighted by Crippen LogP contribution is -2.59. The topological polar surface area (TPSA) is 585 Å². The van der Waals surface area contributed by atoms with Gasteiger partial charge in [-0.3, -0.25) is 63.1 Å². The van der Waals surface area contributed by atoms with E-state index in [0.29, 0.717) is 55.2 Å².